The normalized spacial score (nSPS) is 15.1. The van der Waals surface area contributed by atoms with Gasteiger partial charge in [-0.2, -0.15) is 0 Å². The molecule has 0 aliphatic heterocycles. The van der Waals surface area contributed by atoms with Crippen LogP contribution in [0.2, 0.25) is 0 Å². The first-order chi connectivity index (χ1) is 10.1. The van der Waals surface area contributed by atoms with Gasteiger partial charge < -0.3 is 15.3 Å². The molecule has 0 spiro atoms. The molecule has 1 heterocycles. The van der Waals surface area contributed by atoms with Crippen LogP contribution < -0.4 is 5.32 Å². The van der Waals surface area contributed by atoms with Crippen molar-refractivity contribution in [3.05, 3.63) is 16.1 Å². The summed E-state index contributed by atoms with van der Waals surface area (Å²) in [4.78, 5) is 28.9. The van der Waals surface area contributed by atoms with E-state index in [0.29, 0.717) is 13.0 Å². The molecule has 0 unspecified atom stereocenters. The molecular weight excluding hydrogens is 290 g/mol. The third kappa shape index (κ3) is 4.70. The number of rotatable bonds is 6. The van der Waals surface area contributed by atoms with E-state index < -0.39 is 5.97 Å². The molecule has 2 N–H and O–H groups in total. The van der Waals surface area contributed by atoms with Crippen LogP contribution in [0.25, 0.3) is 0 Å². The summed E-state index contributed by atoms with van der Waals surface area (Å²) in [6, 6.07) is -0.221. The minimum absolute atomic E-state index is 0.0585. The quantitative estimate of drug-likeness (QED) is 0.842. The fourth-order valence-electron chi connectivity index (χ4n) is 2.62. The van der Waals surface area contributed by atoms with E-state index in [9.17, 15) is 9.59 Å². The smallest absolute Gasteiger partial charge is 0.323 e. The zero-order valence-corrected chi connectivity index (χ0v) is 13.0. The predicted octanol–water partition coefficient (Wildman–Crippen LogP) is 2.03. The second-order valence-corrected chi connectivity index (χ2v) is 6.27. The summed E-state index contributed by atoms with van der Waals surface area (Å²) in [5.41, 5.74) is 0.986. The molecule has 6 nitrogen and oxygen atoms in total. The van der Waals surface area contributed by atoms with E-state index in [1.165, 1.54) is 4.90 Å². The topological polar surface area (TPSA) is 82.5 Å². The standard InChI is InChI=1S/C14H21N3O3S/c1-10-9-21-12(16-10)6-7-15-14(20)17(8-13(18)19)11-4-2-3-5-11/h9,11H,2-8H2,1H3,(H,15,20)(H,18,19). The van der Waals surface area contributed by atoms with Crippen LogP contribution in [0.15, 0.2) is 5.38 Å². The number of thiazole rings is 1. The molecule has 1 saturated carbocycles. The molecule has 1 aromatic heterocycles. The van der Waals surface area contributed by atoms with E-state index in [4.69, 9.17) is 5.11 Å². The number of aromatic nitrogens is 1. The maximum atomic E-state index is 12.2. The van der Waals surface area contributed by atoms with Crippen LogP contribution in [-0.2, 0) is 11.2 Å². The van der Waals surface area contributed by atoms with Gasteiger partial charge in [-0.25, -0.2) is 9.78 Å². The molecule has 0 radical (unpaired) electrons. The monoisotopic (exact) mass is 311 g/mol. The number of aryl methyl sites for hydroxylation is 1. The number of nitrogens with zero attached hydrogens (tertiary/aromatic N) is 2. The Hall–Kier alpha value is -1.63. The van der Waals surface area contributed by atoms with Gasteiger partial charge in [0.2, 0.25) is 0 Å². The van der Waals surface area contributed by atoms with Gasteiger partial charge in [0.25, 0.3) is 0 Å². The Labute approximate surface area is 128 Å². The molecule has 21 heavy (non-hydrogen) atoms. The summed E-state index contributed by atoms with van der Waals surface area (Å²) in [5, 5.41) is 14.7. The molecule has 1 aliphatic rings. The number of aliphatic carboxylic acids is 1. The first-order valence-electron chi connectivity index (χ1n) is 7.23. The zero-order chi connectivity index (χ0) is 15.2. The highest BCUT2D eigenvalue weighted by molar-refractivity contribution is 7.09. The third-order valence-corrected chi connectivity index (χ3v) is 4.64. The minimum Gasteiger partial charge on any atom is -0.480 e. The van der Waals surface area contributed by atoms with Crippen molar-refractivity contribution >= 4 is 23.3 Å². The zero-order valence-electron chi connectivity index (χ0n) is 12.2. The molecule has 1 aromatic rings. The molecule has 116 valence electrons. The second kappa shape index (κ2) is 7.40. The summed E-state index contributed by atoms with van der Waals surface area (Å²) in [7, 11) is 0. The molecule has 0 atom stereocenters. The van der Waals surface area contributed by atoms with Gasteiger partial charge in [-0.1, -0.05) is 12.8 Å². The Balaban J connectivity index is 1.84. The number of carbonyl (C=O) groups is 2. The van der Waals surface area contributed by atoms with Gasteiger partial charge in [0.05, 0.1) is 5.01 Å². The lowest BCUT2D eigenvalue weighted by molar-refractivity contribution is -0.138. The Morgan fingerprint density at radius 2 is 2.19 bits per heavy atom. The molecule has 0 aromatic carbocycles. The fraction of sp³-hybridized carbons (Fsp3) is 0.643. The lowest BCUT2D eigenvalue weighted by Crippen LogP contribution is -2.48. The average molecular weight is 311 g/mol. The molecule has 2 rings (SSSR count). The van der Waals surface area contributed by atoms with Crippen LogP contribution in [0.3, 0.4) is 0 Å². The number of hydrogen-bond donors (Lipinski definition) is 2. The van der Waals surface area contributed by atoms with E-state index >= 15 is 0 Å². The molecule has 2 amide bonds. The SMILES string of the molecule is Cc1csc(CCNC(=O)N(CC(=O)O)C2CCCC2)n1. The highest BCUT2D eigenvalue weighted by Gasteiger charge is 2.28. The average Bonchev–Trinajstić information content (AvgIpc) is 3.07. The summed E-state index contributed by atoms with van der Waals surface area (Å²) >= 11 is 1.58. The predicted molar refractivity (Wildman–Crippen MR) is 80.6 cm³/mol. The van der Waals surface area contributed by atoms with Gasteiger partial charge in [-0.3, -0.25) is 4.79 Å². The maximum Gasteiger partial charge on any atom is 0.323 e. The van der Waals surface area contributed by atoms with Crippen molar-refractivity contribution < 1.29 is 14.7 Å². The summed E-state index contributed by atoms with van der Waals surface area (Å²) in [5.74, 6) is -0.965. The molecule has 0 saturated heterocycles. The van der Waals surface area contributed by atoms with Gasteiger partial charge in [0.1, 0.15) is 6.54 Å². The Kier molecular flexibility index (Phi) is 5.55. The van der Waals surface area contributed by atoms with Crippen LogP contribution in [0, 0.1) is 6.92 Å². The number of nitrogens with one attached hydrogen (secondary N) is 1. The third-order valence-electron chi connectivity index (χ3n) is 3.61. The highest BCUT2D eigenvalue weighted by atomic mass is 32.1. The maximum absolute atomic E-state index is 12.2. The Morgan fingerprint density at radius 3 is 2.76 bits per heavy atom. The number of carbonyl (C=O) groups excluding carboxylic acids is 1. The van der Waals surface area contributed by atoms with Crippen LogP contribution >= 0.6 is 11.3 Å². The fourth-order valence-corrected chi connectivity index (χ4v) is 3.40. The summed E-state index contributed by atoms with van der Waals surface area (Å²) in [6.07, 6.45) is 4.59. The molecule has 1 aliphatic carbocycles. The van der Waals surface area contributed by atoms with Crippen LogP contribution in [0.1, 0.15) is 36.4 Å². The molecular formula is C14H21N3O3S. The number of hydrogen-bond acceptors (Lipinski definition) is 4. The Morgan fingerprint density at radius 1 is 1.48 bits per heavy atom. The van der Waals surface area contributed by atoms with E-state index in [0.717, 1.165) is 36.4 Å². The Bertz CT molecular complexity index is 497. The highest BCUT2D eigenvalue weighted by Crippen LogP contribution is 2.23. The number of urea groups is 1. The van der Waals surface area contributed by atoms with Crippen LogP contribution in [0.5, 0.6) is 0 Å². The second-order valence-electron chi connectivity index (χ2n) is 5.32. The van der Waals surface area contributed by atoms with E-state index in [-0.39, 0.29) is 18.6 Å². The van der Waals surface area contributed by atoms with Crippen molar-refractivity contribution in [3.8, 4) is 0 Å². The minimum atomic E-state index is -0.965. The van der Waals surface area contributed by atoms with Gasteiger partial charge in [0, 0.05) is 30.1 Å². The largest absolute Gasteiger partial charge is 0.480 e. The van der Waals surface area contributed by atoms with Crippen molar-refractivity contribution in [1.82, 2.24) is 15.2 Å². The lowest BCUT2D eigenvalue weighted by Gasteiger charge is -2.27. The summed E-state index contributed by atoms with van der Waals surface area (Å²) < 4.78 is 0. The molecule has 7 heteroatoms. The summed E-state index contributed by atoms with van der Waals surface area (Å²) in [6.45, 7) is 2.19. The van der Waals surface area contributed by atoms with E-state index in [1.54, 1.807) is 11.3 Å². The lowest BCUT2D eigenvalue weighted by atomic mass is 10.2. The number of carboxylic acid groups (broad SMARTS) is 1. The van der Waals surface area contributed by atoms with Crippen molar-refractivity contribution in [2.45, 2.75) is 45.1 Å². The number of amides is 2. The van der Waals surface area contributed by atoms with Crippen molar-refractivity contribution in [2.75, 3.05) is 13.1 Å². The van der Waals surface area contributed by atoms with Crippen molar-refractivity contribution in [1.29, 1.82) is 0 Å². The van der Waals surface area contributed by atoms with Gasteiger partial charge in [-0.05, 0) is 19.8 Å². The first-order valence-corrected chi connectivity index (χ1v) is 8.11. The van der Waals surface area contributed by atoms with Crippen molar-refractivity contribution in [3.63, 3.8) is 0 Å². The van der Waals surface area contributed by atoms with Gasteiger partial charge >= 0.3 is 12.0 Å². The van der Waals surface area contributed by atoms with Crippen LogP contribution in [0.4, 0.5) is 4.79 Å². The van der Waals surface area contributed by atoms with Crippen LogP contribution in [-0.4, -0.2) is 46.1 Å². The van der Waals surface area contributed by atoms with Crippen molar-refractivity contribution in [2.24, 2.45) is 0 Å². The van der Waals surface area contributed by atoms with E-state index in [2.05, 4.69) is 10.3 Å². The van der Waals surface area contributed by atoms with Gasteiger partial charge in [0.15, 0.2) is 0 Å². The molecule has 0 bridgehead atoms. The first kappa shape index (κ1) is 15.8. The number of carboxylic acids is 1. The molecule has 1 fully saturated rings. The van der Waals surface area contributed by atoms with Gasteiger partial charge in [-0.15, -0.1) is 11.3 Å². The van der Waals surface area contributed by atoms with E-state index in [1.807, 2.05) is 12.3 Å².